The van der Waals surface area contributed by atoms with Gasteiger partial charge < -0.3 is 0 Å². The second kappa shape index (κ2) is 3.19. The fourth-order valence-electron chi connectivity index (χ4n) is 1.42. The first kappa shape index (κ1) is 8.49. The predicted molar refractivity (Wildman–Crippen MR) is 54.1 cm³/mol. The summed E-state index contributed by atoms with van der Waals surface area (Å²) < 4.78 is 0. The standard InChI is InChI=1S/C10H13P/c1-7-4-8(2)10(6-11)9(3)5-7/h4-6,11H,1-3H3. The molecule has 0 bridgehead atoms. The van der Waals surface area contributed by atoms with Gasteiger partial charge >= 0.3 is 0 Å². The highest BCUT2D eigenvalue weighted by atomic mass is 31.0. The van der Waals surface area contributed by atoms with Crippen LogP contribution in [0.25, 0.3) is 0 Å². The van der Waals surface area contributed by atoms with E-state index in [0.717, 1.165) is 0 Å². The van der Waals surface area contributed by atoms with Gasteiger partial charge in [0.25, 0.3) is 0 Å². The van der Waals surface area contributed by atoms with Gasteiger partial charge in [-0.05, 0) is 43.3 Å². The topological polar surface area (TPSA) is 0 Å². The van der Waals surface area contributed by atoms with Gasteiger partial charge in [0.1, 0.15) is 0 Å². The third-order valence-electron chi connectivity index (χ3n) is 1.88. The predicted octanol–water partition coefficient (Wildman–Crippen LogP) is 2.90. The Labute approximate surface area is 70.5 Å². The fourth-order valence-corrected chi connectivity index (χ4v) is 1.87. The van der Waals surface area contributed by atoms with E-state index < -0.39 is 0 Å². The molecule has 0 aromatic heterocycles. The first-order valence-corrected chi connectivity index (χ1v) is 4.31. The number of hydrogen-bond donors (Lipinski definition) is 0. The summed E-state index contributed by atoms with van der Waals surface area (Å²) in [6.45, 7) is 6.38. The van der Waals surface area contributed by atoms with Crippen molar-refractivity contribution < 1.29 is 0 Å². The van der Waals surface area contributed by atoms with Crippen LogP contribution in [0.3, 0.4) is 0 Å². The lowest BCUT2D eigenvalue weighted by Crippen LogP contribution is -1.91. The smallest absolute Gasteiger partial charge is 0.0158 e. The van der Waals surface area contributed by atoms with Gasteiger partial charge in [0.15, 0.2) is 0 Å². The van der Waals surface area contributed by atoms with Gasteiger partial charge in [-0.3, -0.25) is 0 Å². The molecule has 0 N–H and O–H groups in total. The van der Waals surface area contributed by atoms with Crippen LogP contribution in [0.2, 0.25) is 0 Å². The van der Waals surface area contributed by atoms with E-state index >= 15 is 0 Å². The molecule has 0 amide bonds. The average Bonchev–Trinajstić information content (AvgIpc) is 1.85. The van der Waals surface area contributed by atoms with Crippen LogP contribution in [0.4, 0.5) is 0 Å². The number of benzene rings is 1. The van der Waals surface area contributed by atoms with E-state index in [-0.39, 0.29) is 0 Å². The molecule has 58 valence electrons. The highest BCUT2D eigenvalue weighted by Gasteiger charge is 1.98. The quantitative estimate of drug-likeness (QED) is 0.560. The third kappa shape index (κ3) is 1.70. The van der Waals surface area contributed by atoms with Crippen LogP contribution in [0, 0.1) is 20.8 Å². The Balaban J connectivity index is 3.36. The van der Waals surface area contributed by atoms with Gasteiger partial charge in [-0.15, -0.1) is 8.86 Å². The molecule has 1 rings (SSSR count). The monoisotopic (exact) mass is 164 g/mol. The highest BCUT2D eigenvalue weighted by molar-refractivity contribution is 7.19. The van der Waals surface area contributed by atoms with Crippen LogP contribution in [-0.2, 0) is 0 Å². The summed E-state index contributed by atoms with van der Waals surface area (Å²) in [6, 6.07) is 4.39. The van der Waals surface area contributed by atoms with Crippen molar-refractivity contribution in [1.82, 2.24) is 0 Å². The summed E-state index contributed by atoms with van der Waals surface area (Å²) in [5.41, 5.74) is 5.29. The second-order valence-electron chi connectivity index (χ2n) is 2.96. The molecular weight excluding hydrogens is 151 g/mol. The summed E-state index contributed by atoms with van der Waals surface area (Å²) in [7, 11) is 3.41. The Kier molecular flexibility index (Phi) is 2.46. The lowest BCUT2D eigenvalue weighted by Gasteiger charge is -2.05. The van der Waals surface area contributed by atoms with Crippen LogP contribution < -0.4 is 0 Å². The van der Waals surface area contributed by atoms with Crippen LogP contribution >= 0.6 is 8.86 Å². The summed E-state index contributed by atoms with van der Waals surface area (Å²) in [5, 5.41) is 0. The van der Waals surface area contributed by atoms with Crippen molar-refractivity contribution in [3.63, 3.8) is 0 Å². The molecule has 0 aliphatic heterocycles. The molecule has 0 nitrogen and oxygen atoms in total. The molecule has 1 aromatic carbocycles. The van der Waals surface area contributed by atoms with E-state index in [1.807, 2.05) is 5.80 Å². The van der Waals surface area contributed by atoms with Crippen molar-refractivity contribution in [3.05, 3.63) is 34.4 Å². The SMILES string of the molecule is Cc1cc(C)c(C=P)c(C)c1. The second-order valence-corrected chi connectivity index (χ2v) is 3.25. The minimum atomic E-state index is 1.30. The van der Waals surface area contributed by atoms with E-state index in [1.165, 1.54) is 22.3 Å². The first-order valence-electron chi connectivity index (χ1n) is 3.73. The lowest BCUT2D eigenvalue weighted by atomic mass is 10.0. The van der Waals surface area contributed by atoms with E-state index in [1.54, 1.807) is 0 Å². The maximum absolute atomic E-state index is 3.41. The molecule has 0 saturated carbocycles. The zero-order valence-electron chi connectivity index (χ0n) is 7.23. The molecule has 11 heavy (non-hydrogen) atoms. The summed E-state index contributed by atoms with van der Waals surface area (Å²) in [6.07, 6.45) is 0. The Morgan fingerprint density at radius 1 is 1.09 bits per heavy atom. The van der Waals surface area contributed by atoms with Crippen molar-refractivity contribution >= 4 is 14.7 Å². The number of aryl methyl sites for hydroxylation is 3. The van der Waals surface area contributed by atoms with Gasteiger partial charge in [0.2, 0.25) is 0 Å². The molecule has 0 atom stereocenters. The van der Waals surface area contributed by atoms with Crippen LogP contribution in [-0.4, -0.2) is 5.80 Å². The maximum Gasteiger partial charge on any atom is -0.0158 e. The molecule has 0 radical (unpaired) electrons. The number of hydrogen-bond acceptors (Lipinski definition) is 0. The van der Waals surface area contributed by atoms with E-state index in [2.05, 4.69) is 41.8 Å². The Bertz CT molecular complexity index is 264. The van der Waals surface area contributed by atoms with E-state index in [0.29, 0.717) is 0 Å². The molecule has 0 aliphatic carbocycles. The molecule has 0 saturated heterocycles. The molecule has 0 fully saturated rings. The average molecular weight is 164 g/mol. The normalized spacial score (nSPS) is 9.73. The van der Waals surface area contributed by atoms with Crippen molar-refractivity contribution in [2.24, 2.45) is 0 Å². The fraction of sp³-hybridized carbons (Fsp3) is 0.300. The zero-order valence-corrected chi connectivity index (χ0v) is 8.23. The largest absolute Gasteiger partial charge is 0.122 e. The minimum absolute atomic E-state index is 1.30. The molecule has 0 aliphatic rings. The highest BCUT2D eigenvalue weighted by Crippen LogP contribution is 2.14. The van der Waals surface area contributed by atoms with E-state index in [9.17, 15) is 0 Å². The van der Waals surface area contributed by atoms with Gasteiger partial charge in [0, 0.05) is 0 Å². The summed E-state index contributed by atoms with van der Waals surface area (Å²) in [4.78, 5) is 0. The summed E-state index contributed by atoms with van der Waals surface area (Å²) >= 11 is 0. The molecule has 0 heterocycles. The van der Waals surface area contributed by atoms with E-state index in [4.69, 9.17) is 0 Å². The summed E-state index contributed by atoms with van der Waals surface area (Å²) in [5.74, 6) is 1.98. The van der Waals surface area contributed by atoms with Crippen LogP contribution in [0.5, 0.6) is 0 Å². The number of rotatable bonds is 1. The van der Waals surface area contributed by atoms with Gasteiger partial charge in [-0.25, -0.2) is 0 Å². The molecule has 0 spiro atoms. The van der Waals surface area contributed by atoms with Crippen LogP contribution in [0.1, 0.15) is 22.3 Å². The van der Waals surface area contributed by atoms with Crippen molar-refractivity contribution in [2.45, 2.75) is 20.8 Å². The Morgan fingerprint density at radius 2 is 1.55 bits per heavy atom. The van der Waals surface area contributed by atoms with Gasteiger partial charge in [-0.2, -0.15) is 0 Å². The molecule has 1 aromatic rings. The maximum atomic E-state index is 3.41. The molecular formula is C10H13P. The molecule has 1 heteroatoms. The van der Waals surface area contributed by atoms with Crippen LogP contribution in [0.15, 0.2) is 12.1 Å². The van der Waals surface area contributed by atoms with Gasteiger partial charge in [-0.1, -0.05) is 17.7 Å². The lowest BCUT2D eigenvalue weighted by molar-refractivity contribution is 1.31. The zero-order chi connectivity index (χ0) is 8.43. The Hall–Kier alpha value is -0.610. The Morgan fingerprint density at radius 3 is 1.91 bits per heavy atom. The third-order valence-corrected chi connectivity index (χ3v) is 2.17. The minimum Gasteiger partial charge on any atom is -0.122 e. The van der Waals surface area contributed by atoms with Gasteiger partial charge in [0.05, 0.1) is 0 Å². The van der Waals surface area contributed by atoms with Crippen molar-refractivity contribution in [1.29, 1.82) is 0 Å². The first-order chi connectivity index (χ1) is 5.15. The van der Waals surface area contributed by atoms with Crippen molar-refractivity contribution in [3.8, 4) is 0 Å². The molecule has 0 unspecified atom stereocenters. The van der Waals surface area contributed by atoms with Crippen molar-refractivity contribution in [2.75, 3.05) is 0 Å².